The maximum Gasteiger partial charge on any atom is 0.164 e. The van der Waals surface area contributed by atoms with Gasteiger partial charge in [0.25, 0.3) is 0 Å². The van der Waals surface area contributed by atoms with Gasteiger partial charge < -0.3 is 14.7 Å². The van der Waals surface area contributed by atoms with Crippen LogP contribution in [0.4, 0.5) is 5.82 Å². The number of aliphatic hydroxyl groups excluding tert-OH is 1. The van der Waals surface area contributed by atoms with Crippen LogP contribution in [0.5, 0.6) is 0 Å². The molecule has 0 radical (unpaired) electrons. The molecular formula is C15H18N4O2. The third kappa shape index (κ3) is 1.90. The lowest BCUT2D eigenvalue weighted by Crippen LogP contribution is -2.34. The van der Waals surface area contributed by atoms with Gasteiger partial charge in [-0.1, -0.05) is 0 Å². The first-order chi connectivity index (χ1) is 10.2. The van der Waals surface area contributed by atoms with Crippen molar-refractivity contribution >= 4 is 16.9 Å². The molecule has 0 bridgehead atoms. The first-order valence-corrected chi connectivity index (χ1v) is 7.25. The second-order valence-corrected chi connectivity index (χ2v) is 6.08. The monoisotopic (exact) mass is 286 g/mol. The fourth-order valence-corrected chi connectivity index (χ4v) is 3.51. The van der Waals surface area contributed by atoms with Gasteiger partial charge in [0.05, 0.1) is 25.2 Å². The predicted molar refractivity (Wildman–Crippen MR) is 78.1 cm³/mol. The average molecular weight is 286 g/mol. The normalized spacial score (nSPS) is 28.3. The average Bonchev–Trinajstić information content (AvgIpc) is 3.03. The van der Waals surface area contributed by atoms with Crippen molar-refractivity contribution in [3.8, 4) is 0 Å². The van der Waals surface area contributed by atoms with Crippen LogP contribution in [0.1, 0.15) is 5.82 Å². The molecule has 6 nitrogen and oxygen atoms in total. The molecule has 2 saturated heterocycles. The van der Waals surface area contributed by atoms with Crippen LogP contribution in [0, 0.1) is 18.3 Å². The van der Waals surface area contributed by atoms with Gasteiger partial charge >= 0.3 is 0 Å². The number of fused-ring (bicyclic) bond motifs is 2. The fourth-order valence-electron chi connectivity index (χ4n) is 3.51. The molecule has 0 aliphatic carbocycles. The van der Waals surface area contributed by atoms with Gasteiger partial charge in [-0.3, -0.25) is 0 Å². The number of pyridine rings is 1. The lowest BCUT2D eigenvalue weighted by Gasteiger charge is -2.25. The largest absolute Gasteiger partial charge is 0.396 e. The van der Waals surface area contributed by atoms with Crippen LogP contribution in [0.2, 0.25) is 0 Å². The molecule has 0 amide bonds. The number of nitrogens with zero attached hydrogens (tertiary/aromatic N) is 4. The summed E-state index contributed by atoms with van der Waals surface area (Å²) in [5.41, 5.74) is 0.583. The standard InChI is InChI=1S/C15H18N4O2/c1-10-17-13-12(3-2-4-16-13)14(18-10)19-5-11-6-21-9-15(11,7-19)8-20/h2-4,11,20H,5-9H2,1H3/t11-,15-/m0/s1. The van der Waals surface area contributed by atoms with Crippen molar-refractivity contribution < 1.29 is 9.84 Å². The molecule has 6 heteroatoms. The van der Waals surface area contributed by atoms with E-state index in [-0.39, 0.29) is 12.0 Å². The molecule has 0 saturated carbocycles. The Morgan fingerprint density at radius 1 is 1.48 bits per heavy atom. The molecule has 2 fully saturated rings. The van der Waals surface area contributed by atoms with Crippen LogP contribution < -0.4 is 4.90 Å². The molecule has 2 atom stereocenters. The Morgan fingerprint density at radius 2 is 2.38 bits per heavy atom. The van der Waals surface area contributed by atoms with Gasteiger partial charge in [0.1, 0.15) is 11.6 Å². The van der Waals surface area contributed by atoms with Crippen molar-refractivity contribution in [2.75, 3.05) is 37.8 Å². The number of hydrogen-bond donors (Lipinski definition) is 1. The van der Waals surface area contributed by atoms with E-state index in [2.05, 4.69) is 19.9 Å². The van der Waals surface area contributed by atoms with E-state index in [1.165, 1.54) is 0 Å². The van der Waals surface area contributed by atoms with Crippen LogP contribution in [-0.4, -0.2) is 53.0 Å². The van der Waals surface area contributed by atoms with E-state index in [0.717, 1.165) is 42.4 Å². The Balaban J connectivity index is 1.78. The first kappa shape index (κ1) is 12.9. The molecule has 2 aromatic heterocycles. The van der Waals surface area contributed by atoms with E-state index in [0.29, 0.717) is 12.5 Å². The van der Waals surface area contributed by atoms with Gasteiger partial charge in [0.15, 0.2) is 5.65 Å². The maximum atomic E-state index is 9.81. The van der Waals surface area contributed by atoms with E-state index in [1.54, 1.807) is 6.20 Å². The third-order valence-electron chi connectivity index (χ3n) is 4.70. The van der Waals surface area contributed by atoms with Crippen LogP contribution in [0.25, 0.3) is 11.0 Å². The zero-order valence-corrected chi connectivity index (χ0v) is 12.0. The van der Waals surface area contributed by atoms with E-state index < -0.39 is 0 Å². The first-order valence-electron chi connectivity index (χ1n) is 7.25. The lowest BCUT2D eigenvalue weighted by atomic mass is 9.82. The van der Waals surface area contributed by atoms with Crippen LogP contribution >= 0.6 is 0 Å². The van der Waals surface area contributed by atoms with Crippen LogP contribution in [0.15, 0.2) is 18.3 Å². The third-order valence-corrected chi connectivity index (χ3v) is 4.70. The highest BCUT2D eigenvalue weighted by Crippen LogP contribution is 2.43. The molecule has 110 valence electrons. The quantitative estimate of drug-likeness (QED) is 0.879. The summed E-state index contributed by atoms with van der Waals surface area (Å²) in [5, 5.41) is 10.8. The van der Waals surface area contributed by atoms with Crippen molar-refractivity contribution in [2.45, 2.75) is 6.92 Å². The minimum absolute atomic E-state index is 0.145. The zero-order valence-electron chi connectivity index (χ0n) is 12.0. The summed E-state index contributed by atoms with van der Waals surface area (Å²) in [7, 11) is 0. The zero-order chi connectivity index (χ0) is 14.4. The van der Waals surface area contributed by atoms with Gasteiger partial charge in [-0.25, -0.2) is 15.0 Å². The molecule has 2 aliphatic rings. The number of aromatic nitrogens is 3. The summed E-state index contributed by atoms with van der Waals surface area (Å²) in [4.78, 5) is 15.6. The molecule has 4 heterocycles. The second kappa shape index (κ2) is 4.61. The van der Waals surface area contributed by atoms with Gasteiger partial charge in [0.2, 0.25) is 0 Å². The summed E-state index contributed by atoms with van der Waals surface area (Å²) in [6.07, 6.45) is 1.75. The van der Waals surface area contributed by atoms with Gasteiger partial charge in [-0.2, -0.15) is 0 Å². The smallest absolute Gasteiger partial charge is 0.164 e. The molecular weight excluding hydrogens is 268 g/mol. The van der Waals surface area contributed by atoms with E-state index in [4.69, 9.17) is 4.74 Å². The Labute approximate surface area is 122 Å². The van der Waals surface area contributed by atoms with E-state index >= 15 is 0 Å². The van der Waals surface area contributed by atoms with E-state index in [1.807, 2.05) is 19.1 Å². The lowest BCUT2D eigenvalue weighted by molar-refractivity contribution is 0.0989. The highest BCUT2D eigenvalue weighted by atomic mass is 16.5. The SMILES string of the molecule is Cc1nc(N2C[C@H]3COC[C@@]3(CO)C2)c2cccnc2n1. The predicted octanol–water partition coefficient (Wildman–Crippen LogP) is 0.778. The van der Waals surface area contributed by atoms with E-state index in [9.17, 15) is 5.11 Å². The number of anilines is 1. The summed E-state index contributed by atoms with van der Waals surface area (Å²) in [6.45, 7) is 5.03. The van der Waals surface area contributed by atoms with Gasteiger partial charge in [-0.15, -0.1) is 0 Å². The Morgan fingerprint density at radius 3 is 3.19 bits per heavy atom. The number of aryl methyl sites for hydroxylation is 1. The van der Waals surface area contributed by atoms with Crippen LogP contribution in [0.3, 0.4) is 0 Å². The van der Waals surface area contributed by atoms with Gasteiger partial charge in [-0.05, 0) is 19.1 Å². The molecule has 2 aliphatic heterocycles. The Bertz CT molecular complexity index is 692. The molecule has 2 aromatic rings. The summed E-state index contributed by atoms with van der Waals surface area (Å²) < 4.78 is 5.57. The topological polar surface area (TPSA) is 71.4 Å². The molecule has 0 aromatic carbocycles. The summed E-state index contributed by atoms with van der Waals surface area (Å²) >= 11 is 0. The van der Waals surface area contributed by atoms with Crippen LogP contribution in [-0.2, 0) is 4.74 Å². The molecule has 0 spiro atoms. The highest BCUT2D eigenvalue weighted by Gasteiger charge is 2.50. The number of rotatable bonds is 2. The second-order valence-electron chi connectivity index (χ2n) is 6.08. The maximum absolute atomic E-state index is 9.81. The summed E-state index contributed by atoms with van der Waals surface area (Å²) in [6, 6.07) is 3.92. The molecule has 0 unspecified atom stereocenters. The van der Waals surface area contributed by atoms with Crippen molar-refractivity contribution in [3.63, 3.8) is 0 Å². The minimum atomic E-state index is -0.145. The molecule has 21 heavy (non-hydrogen) atoms. The minimum Gasteiger partial charge on any atom is -0.396 e. The molecule has 1 N–H and O–H groups in total. The van der Waals surface area contributed by atoms with Crippen molar-refractivity contribution in [3.05, 3.63) is 24.2 Å². The fraction of sp³-hybridized carbons (Fsp3) is 0.533. The van der Waals surface area contributed by atoms with Gasteiger partial charge in [0, 0.05) is 30.6 Å². The number of hydrogen-bond acceptors (Lipinski definition) is 6. The number of ether oxygens (including phenoxy) is 1. The van der Waals surface area contributed by atoms with Crippen molar-refractivity contribution in [2.24, 2.45) is 11.3 Å². The van der Waals surface area contributed by atoms with Crippen molar-refractivity contribution in [1.82, 2.24) is 15.0 Å². The number of aliphatic hydroxyl groups is 1. The van der Waals surface area contributed by atoms with Crippen molar-refractivity contribution in [1.29, 1.82) is 0 Å². The summed E-state index contributed by atoms with van der Waals surface area (Å²) in [5.74, 6) is 2.01. The Hall–Kier alpha value is -1.79. The Kier molecular flexibility index (Phi) is 2.83. The molecule has 4 rings (SSSR count). The highest BCUT2D eigenvalue weighted by molar-refractivity contribution is 5.87.